The molecule has 1 aromatic heterocycles. The molecular formula is C20H18BrNO3. The number of carbonyl (C=O) groups excluding carboxylic acids is 1. The average molecular weight is 400 g/mol. The lowest BCUT2D eigenvalue weighted by Crippen LogP contribution is -2.12. The standard InChI is InChI=1S/C20H18BrNO3/c1-13-7-8-14(2)17(11-13)22-20(23)19-10-9-15(25-19)12-24-18-6-4-3-5-16(18)21/h3-11H,12H2,1-2H3,(H,22,23). The van der Waals surface area contributed by atoms with E-state index in [2.05, 4.69) is 21.2 Å². The van der Waals surface area contributed by atoms with Crippen molar-refractivity contribution in [2.75, 3.05) is 5.32 Å². The van der Waals surface area contributed by atoms with Crippen molar-refractivity contribution < 1.29 is 13.9 Å². The van der Waals surface area contributed by atoms with Crippen molar-refractivity contribution in [2.24, 2.45) is 0 Å². The minimum atomic E-state index is -0.277. The van der Waals surface area contributed by atoms with Gasteiger partial charge in [-0.25, -0.2) is 0 Å². The zero-order valence-corrected chi connectivity index (χ0v) is 15.6. The summed E-state index contributed by atoms with van der Waals surface area (Å²) in [7, 11) is 0. The molecule has 0 aliphatic heterocycles. The van der Waals surface area contributed by atoms with Gasteiger partial charge >= 0.3 is 0 Å². The topological polar surface area (TPSA) is 51.5 Å². The molecule has 0 fully saturated rings. The Morgan fingerprint density at radius 1 is 1.12 bits per heavy atom. The lowest BCUT2D eigenvalue weighted by molar-refractivity contribution is 0.0992. The number of amides is 1. The first-order valence-corrected chi connectivity index (χ1v) is 8.67. The summed E-state index contributed by atoms with van der Waals surface area (Å²) in [5.74, 6) is 1.29. The number of hydrogen-bond donors (Lipinski definition) is 1. The predicted molar refractivity (Wildman–Crippen MR) is 101 cm³/mol. The van der Waals surface area contributed by atoms with Crippen LogP contribution in [0.5, 0.6) is 5.75 Å². The monoisotopic (exact) mass is 399 g/mol. The quantitative estimate of drug-likeness (QED) is 0.616. The molecule has 0 unspecified atom stereocenters. The van der Waals surface area contributed by atoms with Crippen LogP contribution in [0.15, 0.2) is 63.5 Å². The molecule has 1 heterocycles. The van der Waals surface area contributed by atoms with Crippen LogP contribution in [0.3, 0.4) is 0 Å². The van der Waals surface area contributed by atoms with Gasteiger partial charge in [0.05, 0.1) is 4.47 Å². The molecule has 0 aliphatic carbocycles. The van der Waals surface area contributed by atoms with Crippen LogP contribution in [-0.2, 0) is 6.61 Å². The number of rotatable bonds is 5. The summed E-state index contributed by atoms with van der Waals surface area (Å²) in [5.41, 5.74) is 2.87. The van der Waals surface area contributed by atoms with Crippen LogP contribution in [0.4, 0.5) is 5.69 Å². The molecule has 0 saturated carbocycles. The highest BCUT2D eigenvalue weighted by molar-refractivity contribution is 9.10. The second-order valence-corrected chi connectivity index (χ2v) is 6.61. The van der Waals surface area contributed by atoms with Gasteiger partial charge in [0.25, 0.3) is 5.91 Å². The highest BCUT2D eigenvalue weighted by Gasteiger charge is 2.13. The smallest absolute Gasteiger partial charge is 0.291 e. The minimum Gasteiger partial charge on any atom is -0.484 e. The van der Waals surface area contributed by atoms with Gasteiger partial charge in [0.2, 0.25) is 0 Å². The normalized spacial score (nSPS) is 10.5. The lowest BCUT2D eigenvalue weighted by Gasteiger charge is -2.08. The minimum absolute atomic E-state index is 0.249. The van der Waals surface area contributed by atoms with Crippen LogP contribution in [0.1, 0.15) is 27.4 Å². The number of nitrogens with one attached hydrogen (secondary N) is 1. The molecule has 3 aromatic rings. The van der Waals surface area contributed by atoms with Gasteiger partial charge in [0.15, 0.2) is 5.76 Å². The number of aryl methyl sites for hydroxylation is 2. The molecule has 0 aliphatic rings. The Kier molecular flexibility index (Phi) is 5.24. The van der Waals surface area contributed by atoms with Crippen LogP contribution in [0.2, 0.25) is 0 Å². The molecule has 0 saturated heterocycles. The molecule has 1 amide bonds. The maximum absolute atomic E-state index is 12.4. The van der Waals surface area contributed by atoms with Gasteiger partial charge in [-0.3, -0.25) is 4.79 Å². The van der Waals surface area contributed by atoms with Crippen molar-refractivity contribution in [1.82, 2.24) is 0 Å². The largest absolute Gasteiger partial charge is 0.484 e. The Morgan fingerprint density at radius 3 is 2.72 bits per heavy atom. The number of halogens is 1. The maximum Gasteiger partial charge on any atom is 0.291 e. The molecule has 25 heavy (non-hydrogen) atoms. The average Bonchev–Trinajstić information content (AvgIpc) is 3.06. The van der Waals surface area contributed by atoms with Gasteiger partial charge in [-0.05, 0) is 71.2 Å². The molecule has 3 rings (SSSR count). The molecule has 0 atom stereocenters. The molecule has 4 nitrogen and oxygen atoms in total. The van der Waals surface area contributed by atoms with Crippen LogP contribution in [-0.4, -0.2) is 5.91 Å². The fourth-order valence-electron chi connectivity index (χ4n) is 2.34. The van der Waals surface area contributed by atoms with Crippen LogP contribution in [0.25, 0.3) is 0 Å². The van der Waals surface area contributed by atoms with E-state index in [4.69, 9.17) is 9.15 Å². The molecular weight excluding hydrogens is 382 g/mol. The van der Waals surface area contributed by atoms with Gasteiger partial charge in [0.1, 0.15) is 18.1 Å². The van der Waals surface area contributed by atoms with Crippen molar-refractivity contribution in [1.29, 1.82) is 0 Å². The maximum atomic E-state index is 12.4. The van der Waals surface area contributed by atoms with Crippen LogP contribution >= 0.6 is 15.9 Å². The first-order valence-electron chi connectivity index (χ1n) is 7.87. The molecule has 5 heteroatoms. The second kappa shape index (κ2) is 7.57. The molecule has 0 bridgehead atoms. The zero-order chi connectivity index (χ0) is 17.8. The number of anilines is 1. The van der Waals surface area contributed by atoms with E-state index in [-0.39, 0.29) is 18.3 Å². The fourth-order valence-corrected chi connectivity index (χ4v) is 2.74. The predicted octanol–water partition coefficient (Wildman–Crippen LogP) is 5.49. The van der Waals surface area contributed by atoms with Gasteiger partial charge in [-0.15, -0.1) is 0 Å². The summed E-state index contributed by atoms with van der Waals surface area (Å²) in [6.45, 7) is 4.19. The molecule has 0 radical (unpaired) electrons. The number of benzene rings is 2. The summed E-state index contributed by atoms with van der Waals surface area (Å²) in [4.78, 5) is 12.4. The first-order chi connectivity index (χ1) is 12.0. The summed E-state index contributed by atoms with van der Waals surface area (Å²) < 4.78 is 12.2. The first kappa shape index (κ1) is 17.3. The highest BCUT2D eigenvalue weighted by Crippen LogP contribution is 2.25. The van der Waals surface area contributed by atoms with E-state index >= 15 is 0 Å². The Balaban J connectivity index is 1.65. The summed E-state index contributed by atoms with van der Waals surface area (Å²) in [5, 5.41) is 2.88. The Labute approximate surface area is 154 Å². The number of para-hydroxylation sites is 1. The summed E-state index contributed by atoms with van der Waals surface area (Å²) in [6.07, 6.45) is 0. The van der Waals surface area contributed by atoms with Crippen molar-refractivity contribution in [2.45, 2.75) is 20.5 Å². The van der Waals surface area contributed by atoms with Gasteiger partial charge in [-0.1, -0.05) is 24.3 Å². The van der Waals surface area contributed by atoms with Crippen molar-refractivity contribution in [3.63, 3.8) is 0 Å². The van der Waals surface area contributed by atoms with E-state index in [9.17, 15) is 4.79 Å². The highest BCUT2D eigenvalue weighted by atomic mass is 79.9. The summed E-state index contributed by atoms with van der Waals surface area (Å²) >= 11 is 3.43. The zero-order valence-electron chi connectivity index (χ0n) is 14.0. The van der Waals surface area contributed by atoms with E-state index in [1.807, 2.05) is 56.3 Å². The Bertz CT molecular complexity index is 901. The number of furan rings is 1. The van der Waals surface area contributed by atoms with E-state index in [0.29, 0.717) is 5.76 Å². The number of hydrogen-bond acceptors (Lipinski definition) is 3. The van der Waals surface area contributed by atoms with E-state index in [1.165, 1.54) is 0 Å². The van der Waals surface area contributed by atoms with Gasteiger partial charge < -0.3 is 14.5 Å². The van der Waals surface area contributed by atoms with E-state index in [1.54, 1.807) is 12.1 Å². The van der Waals surface area contributed by atoms with E-state index in [0.717, 1.165) is 27.0 Å². The third kappa shape index (κ3) is 4.31. The van der Waals surface area contributed by atoms with Crippen LogP contribution < -0.4 is 10.1 Å². The summed E-state index contributed by atoms with van der Waals surface area (Å²) in [6, 6.07) is 16.9. The van der Waals surface area contributed by atoms with Crippen LogP contribution in [0, 0.1) is 13.8 Å². The SMILES string of the molecule is Cc1ccc(C)c(NC(=O)c2ccc(COc3ccccc3Br)o2)c1. The molecule has 0 spiro atoms. The van der Waals surface area contributed by atoms with Crippen molar-refractivity contribution in [3.05, 3.63) is 81.7 Å². The molecule has 1 N–H and O–H groups in total. The molecule has 128 valence electrons. The third-order valence-corrected chi connectivity index (χ3v) is 4.39. The number of carbonyl (C=O) groups is 1. The Hall–Kier alpha value is -2.53. The third-order valence-electron chi connectivity index (χ3n) is 3.73. The lowest BCUT2D eigenvalue weighted by atomic mass is 10.1. The van der Waals surface area contributed by atoms with Gasteiger partial charge in [0, 0.05) is 5.69 Å². The number of ether oxygens (including phenoxy) is 1. The second-order valence-electron chi connectivity index (χ2n) is 5.76. The fraction of sp³-hybridized carbons (Fsp3) is 0.150. The molecule has 2 aromatic carbocycles. The van der Waals surface area contributed by atoms with E-state index < -0.39 is 0 Å². The van der Waals surface area contributed by atoms with Crippen molar-refractivity contribution >= 4 is 27.5 Å². The Morgan fingerprint density at radius 2 is 1.92 bits per heavy atom. The van der Waals surface area contributed by atoms with Gasteiger partial charge in [-0.2, -0.15) is 0 Å². The van der Waals surface area contributed by atoms with Crippen molar-refractivity contribution in [3.8, 4) is 5.75 Å².